The minimum absolute atomic E-state index is 0.0972. The number of nitrogens with zero attached hydrogens (tertiary/aromatic N) is 1. The molecule has 0 aromatic carbocycles. The van der Waals surface area contributed by atoms with Crippen LogP contribution in [0.2, 0.25) is 0 Å². The fourth-order valence-electron chi connectivity index (χ4n) is 5.19. The summed E-state index contributed by atoms with van der Waals surface area (Å²) in [4.78, 5) is 27.1. The maximum atomic E-state index is 12.6. The molecule has 0 aromatic heterocycles. The highest BCUT2D eigenvalue weighted by Gasteiger charge is 2.20. The second-order valence-corrected chi connectivity index (χ2v) is 12.2. The van der Waals surface area contributed by atoms with Crippen molar-refractivity contribution in [2.75, 3.05) is 27.2 Å². The Balaban J connectivity index is 4.27. The number of ether oxygens (including phenoxy) is 2. The van der Waals surface area contributed by atoms with Crippen molar-refractivity contribution in [3.8, 4) is 0 Å². The van der Waals surface area contributed by atoms with Gasteiger partial charge in [0.25, 0.3) is 0 Å². The second kappa shape index (κ2) is 27.1. The molecular formula is C34H67NO4. The Morgan fingerprint density at radius 1 is 0.667 bits per heavy atom. The second-order valence-electron chi connectivity index (χ2n) is 12.2. The van der Waals surface area contributed by atoms with E-state index in [1.54, 1.807) is 0 Å². The molecule has 0 radical (unpaired) electrons. The topological polar surface area (TPSA) is 55.8 Å². The van der Waals surface area contributed by atoms with E-state index >= 15 is 0 Å². The molecule has 0 aliphatic heterocycles. The molecule has 0 aromatic rings. The first-order valence-electron chi connectivity index (χ1n) is 16.8. The Kier molecular flexibility index (Phi) is 26.3. The third-order valence-corrected chi connectivity index (χ3v) is 8.13. The van der Waals surface area contributed by atoms with E-state index in [4.69, 9.17) is 9.47 Å². The first-order valence-corrected chi connectivity index (χ1v) is 16.8. The molecule has 0 rings (SSSR count). The lowest BCUT2D eigenvalue weighted by molar-refractivity contribution is -0.161. The average Bonchev–Trinajstić information content (AvgIpc) is 2.91. The predicted octanol–water partition coefficient (Wildman–Crippen LogP) is 9.51. The van der Waals surface area contributed by atoms with Crippen LogP contribution in [0.3, 0.4) is 0 Å². The number of unbranched alkanes of at least 4 members (excludes halogenated alkanes) is 12. The van der Waals surface area contributed by atoms with Crippen molar-refractivity contribution in [1.82, 2.24) is 4.90 Å². The molecule has 5 heteroatoms. The Morgan fingerprint density at radius 3 is 1.74 bits per heavy atom. The van der Waals surface area contributed by atoms with Gasteiger partial charge in [0.1, 0.15) is 12.7 Å². The molecule has 2 unspecified atom stereocenters. The number of hydrogen-bond donors (Lipinski definition) is 0. The molecule has 0 bridgehead atoms. The average molecular weight is 554 g/mol. The zero-order valence-corrected chi connectivity index (χ0v) is 27.1. The summed E-state index contributed by atoms with van der Waals surface area (Å²) in [6, 6.07) is 0. The highest BCUT2D eigenvalue weighted by atomic mass is 16.6. The molecule has 0 aliphatic carbocycles. The Labute approximate surface area is 243 Å². The van der Waals surface area contributed by atoms with Crippen LogP contribution in [-0.4, -0.2) is 50.2 Å². The summed E-state index contributed by atoms with van der Waals surface area (Å²) in [6.07, 6.45) is 24.0. The van der Waals surface area contributed by atoms with Gasteiger partial charge in [-0.15, -0.1) is 0 Å². The monoisotopic (exact) mass is 554 g/mol. The number of carbonyl (C=O) groups excluding carboxylic acids is 2. The molecule has 0 heterocycles. The molecule has 232 valence electrons. The Hall–Kier alpha value is -1.10. The van der Waals surface area contributed by atoms with Gasteiger partial charge in [-0.3, -0.25) is 9.59 Å². The maximum Gasteiger partial charge on any atom is 0.308 e. The minimum Gasteiger partial charge on any atom is -0.462 e. The van der Waals surface area contributed by atoms with Crippen LogP contribution >= 0.6 is 0 Å². The molecule has 0 spiro atoms. The fourth-order valence-corrected chi connectivity index (χ4v) is 5.19. The highest BCUT2D eigenvalue weighted by Crippen LogP contribution is 2.19. The first kappa shape index (κ1) is 37.9. The van der Waals surface area contributed by atoms with Gasteiger partial charge in [0.05, 0.1) is 5.92 Å². The molecule has 0 saturated carbocycles. The quantitative estimate of drug-likeness (QED) is 0.0713. The molecule has 0 N–H and O–H groups in total. The molecule has 39 heavy (non-hydrogen) atoms. The largest absolute Gasteiger partial charge is 0.462 e. The van der Waals surface area contributed by atoms with E-state index in [9.17, 15) is 9.59 Å². The molecular weight excluding hydrogens is 486 g/mol. The van der Waals surface area contributed by atoms with Crippen molar-refractivity contribution in [2.24, 2.45) is 11.8 Å². The van der Waals surface area contributed by atoms with E-state index in [0.717, 1.165) is 51.0 Å². The third-order valence-electron chi connectivity index (χ3n) is 8.13. The van der Waals surface area contributed by atoms with Gasteiger partial charge in [-0.1, -0.05) is 130 Å². The maximum absolute atomic E-state index is 12.6. The third kappa shape index (κ3) is 24.4. The summed E-state index contributed by atoms with van der Waals surface area (Å²) in [7, 11) is 4.01. The van der Waals surface area contributed by atoms with Gasteiger partial charge in [0, 0.05) is 6.42 Å². The van der Waals surface area contributed by atoms with Crippen molar-refractivity contribution < 1.29 is 19.1 Å². The molecule has 5 nitrogen and oxygen atoms in total. The molecule has 0 amide bonds. The van der Waals surface area contributed by atoms with E-state index < -0.39 is 0 Å². The predicted molar refractivity (Wildman–Crippen MR) is 166 cm³/mol. The van der Waals surface area contributed by atoms with Gasteiger partial charge in [-0.25, -0.2) is 0 Å². The van der Waals surface area contributed by atoms with Gasteiger partial charge >= 0.3 is 11.9 Å². The van der Waals surface area contributed by atoms with E-state index in [1.165, 1.54) is 89.9 Å². The first-order chi connectivity index (χ1) is 18.8. The Bertz CT molecular complexity index is 561. The van der Waals surface area contributed by atoms with Crippen LogP contribution in [0, 0.1) is 11.8 Å². The number of hydrogen-bond acceptors (Lipinski definition) is 5. The molecule has 0 fully saturated rings. The summed E-state index contributed by atoms with van der Waals surface area (Å²) in [5, 5.41) is 0. The van der Waals surface area contributed by atoms with E-state index in [-0.39, 0.29) is 30.6 Å². The summed E-state index contributed by atoms with van der Waals surface area (Å²) in [5.41, 5.74) is 0. The lowest BCUT2D eigenvalue weighted by Crippen LogP contribution is -2.27. The number of rotatable bonds is 28. The zero-order chi connectivity index (χ0) is 29.1. The van der Waals surface area contributed by atoms with E-state index in [0.29, 0.717) is 6.42 Å². The van der Waals surface area contributed by atoms with E-state index in [1.807, 2.05) is 21.0 Å². The number of carbonyl (C=O) groups is 2. The van der Waals surface area contributed by atoms with Gasteiger partial charge in [0.15, 0.2) is 0 Å². The summed E-state index contributed by atoms with van der Waals surface area (Å²) < 4.78 is 11.4. The van der Waals surface area contributed by atoms with Crippen LogP contribution in [0.5, 0.6) is 0 Å². The van der Waals surface area contributed by atoms with Crippen LogP contribution in [0.4, 0.5) is 0 Å². The molecule has 0 saturated heterocycles. The van der Waals surface area contributed by atoms with Crippen LogP contribution < -0.4 is 0 Å². The smallest absolute Gasteiger partial charge is 0.308 e. The summed E-state index contributed by atoms with van der Waals surface area (Å²) >= 11 is 0. The van der Waals surface area contributed by atoms with Crippen molar-refractivity contribution >= 4 is 11.9 Å². The fraction of sp³-hybridized carbons (Fsp3) is 0.941. The lowest BCUT2D eigenvalue weighted by Gasteiger charge is -2.20. The van der Waals surface area contributed by atoms with Gasteiger partial charge < -0.3 is 14.4 Å². The van der Waals surface area contributed by atoms with Crippen molar-refractivity contribution in [3.05, 3.63) is 0 Å². The SMILES string of the molecule is CCCCCCCCCCCCCC(C)C(=O)OCC(CCCCCC(CC)CC)OC(=O)CCCN(C)C. The van der Waals surface area contributed by atoms with E-state index in [2.05, 4.69) is 25.7 Å². The zero-order valence-electron chi connectivity index (χ0n) is 27.1. The van der Waals surface area contributed by atoms with Crippen molar-refractivity contribution in [1.29, 1.82) is 0 Å². The van der Waals surface area contributed by atoms with Gasteiger partial charge in [-0.2, -0.15) is 0 Å². The van der Waals surface area contributed by atoms with Crippen molar-refractivity contribution in [2.45, 2.75) is 169 Å². The van der Waals surface area contributed by atoms with Crippen LogP contribution in [0.25, 0.3) is 0 Å². The normalized spacial score (nSPS) is 13.1. The number of esters is 2. The molecule has 2 atom stereocenters. The summed E-state index contributed by atoms with van der Waals surface area (Å²) in [5.74, 6) is 0.395. The van der Waals surface area contributed by atoms with Crippen LogP contribution in [0.1, 0.15) is 163 Å². The van der Waals surface area contributed by atoms with Crippen LogP contribution in [0.15, 0.2) is 0 Å². The van der Waals surface area contributed by atoms with Crippen LogP contribution in [-0.2, 0) is 19.1 Å². The Morgan fingerprint density at radius 2 is 1.18 bits per heavy atom. The van der Waals surface area contributed by atoms with Gasteiger partial charge in [-0.05, 0) is 52.2 Å². The molecule has 0 aliphatic rings. The van der Waals surface area contributed by atoms with Gasteiger partial charge in [0.2, 0.25) is 0 Å². The standard InChI is InChI=1S/C34H67NO4/c1-7-10-11-12-13-14-15-16-17-18-20-24-30(4)34(37)38-29-32(39-33(36)27-23-28-35(5)6)26-22-19-21-25-31(8-2)9-3/h30-32H,7-29H2,1-6H3. The lowest BCUT2D eigenvalue weighted by atomic mass is 9.95. The summed E-state index contributed by atoms with van der Waals surface area (Å²) in [6.45, 7) is 9.83. The minimum atomic E-state index is -0.330. The highest BCUT2D eigenvalue weighted by molar-refractivity contribution is 5.72. The van der Waals surface area contributed by atoms with Crippen molar-refractivity contribution in [3.63, 3.8) is 0 Å².